The maximum Gasteiger partial charge on any atom is 0.258 e. The van der Waals surface area contributed by atoms with Crippen LogP contribution in [0.1, 0.15) is 30.2 Å². The molecule has 0 aliphatic heterocycles. The number of carbonyl (C=O) groups excluding carboxylic acids is 1. The maximum absolute atomic E-state index is 13.5. The molecular formula is C13H14FN3O2. The third-order valence-corrected chi connectivity index (χ3v) is 2.59. The number of anilines is 1. The summed E-state index contributed by atoms with van der Waals surface area (Å²) < 4.78 is 15.2. The Morgan fingerprint density at radius 2 is 2.21 bits per heavy atom. The molecule has 0 spiro atoms. The monoisotopic (exact) mass is 263 g/mol. The lowest BCUT2D eigenvalue weighted by Crippen LogP contribution is -2.13. The first kappa shape index (κ1) is 13.1. The van der Waals surface area contributed by atoms with E-state index in [1.165, 1.54) is 18.3 Å². The molecule has 2 N–H and O–H groups in total. The van der Waals surface area contributed by atoms with Gasteiger partial charge in [-0.2, -0.15) is 5.10 Å². The lowest BCUT2D eigenvalue weighted by molar-refractivity contribution is 0.102. The van der Waals surface area contributed by atoms with Crippen LogP contribution in [0.15, 0.2) is 30.6 Å². The predicted molar refractivity (Wildman–Crippen MR) is 68.6 cm³/mol. The van der Waals surface area contributed by atoms with Crippen molar-refractivity contribution >= 4 is 11.6 Å². The fourth-order valence-corrected chi connectivity index (χ4v) is 1.57. The molecule has 0 fully saturated rings. The van der Waals surface area contributed by atoms with Crippen LogP contribution in [0.4, 0.5) is 10.1 Å². The molecule has 0 atom stereocenters. The van der Waals surface area contributed by atoms with Crippen LogP contribution in [0.3, 0.4) is 0 Å². The molecule has 5 nitrogen and oxygen atoms in total. The summed E-state index contributed by atoms with van der Waals surface area (Å²) in [4.78, 5) is 11.9. The third kappa shape index (κ3) is 2.90. The zero-order valence-corrected chi connectivity index (χ0v) is 10.6. The standard InChI is InChI=1S/C13H14FN3O2/c1-8(2)17-7-9(6-15-17)16-13(19)11-4-3-10(18)5-12(11)14/h3-8,18H,1-2H3,(H,16,19). The SMILES string of the molecule is CC(C)n1cc(NC(=O)c2ccc(O)cc2F)cn1. The summed E-state index contributed by atoms with van der Waals surface area (Å²) in [5.74, 6) is -1.57. The summed E-state index contributed by atoms with van der Waals surface area (Å²) >= 11 is 0. The van der Waals surface area contributed by atoms with Crippen LogP contribution in [0.25, 0.3) is 0 Å². The minimum Gasteiger partial charge on any atom is -0.508 e. The molecule has 0 radical (unpaired) electrons. The Morgan fingerprint density at radius 3 is 2.79 bits per heavy atom. The van der Waals surface area contributed by atoms with Gasteiger partial charge >= 0.3 is 0 Å². The summed E-state index contributed by atoms with van der Waals surface area (Å²) in [7, 11) is 0. The van der Waals surface area contributed by atoms with Crippen LogP contribution in [-0.4, -0.2) is 20.8 Å². The minimum absolute atomic E-state index is 0.130. The van der Waals surface area contributed by atoms with Gasteiger partial charge in [0.15, 0.2) is 0 Å². The van der Waals surface area contributed by atoms with Crippen molar-refractivity contribution in [1.82, 2.24) is 9.78 Å². The number of nitrogens with zero attached hydrogens (tertiary/aromatic N) is 2. The van der Waals surface area contributed by atoms with Gasteiger partial charge in [0, 0.05) is 18.3 Å². The average Bonchev–Trinajstić information content (AvgIpc) is 2.77. The largest absolute Gasteiger partial charge is 0.508 e. The Hall–Kier alpha value is -2.37. The van der Waals surface area contributed by atoms with Gasteiger partial charge < -0.3 is 10.4 Å². The van der Waals surface area contributed by atoms with Crippen molar-refractivity contribution in [2.45, 2.75) is 19.9 Å². The lowest BCUT2D eigenvalue weighted by atomic mass is 10.2. The Kier molecular flexibility index (Phi) is 3.50. The Morgan fingerprint density at radius 1 is 1.47 bits per heavy atom. The quantitative estimate of drug-likeness (QED) is 0.894. The molecule has 0 bridgehead atoms. The van der Waals surface area contributed by atoms with E-state index in [0.717, 1.165) is 6.07 Å². The zero-order valence-electron chi connectivity index (χ0n) is 10.6. The molecule has 2 aromatic rings. The number of phenolic OH excluding ortho intramolecular Hbond substituents is 1. The van der Waals surface area contributed by atoms with Crippen molar-refractivity contribution < 1.29 is 14.3 Å². The number of aromatic nitrogens is 2. The predicted octanol–water partition coefficient (Wildman–Crippen LogP) is 2.56. The molecule has 1 amide bonds. The highest BCUT2D eigenvalue weighted by atomic mass is 19.1. The number of amides is 1. The highest BCUT2D eigenvalue weighted by molar-refractivity contribution is 6.04. The first-order valence-corrected chi connectivity index (χ1v) is 5.81. The first-order valence-electron chi connectivity index (χ1n) is 5.81. The van der Waals surface area contributed by atoms with Crippen molar-refractivity contribution in [1.29, 1.82) is 0 Å². The third-order valence-electron chi connectivity index (χ3n) is 2.59. The highest BCUT2D eigenvalue weighted by Gasteiger charge is 2.13. The van der Waals surface area contributed by atoms with Crippen molar-refractivity contribution in [3.8, 4) is 5.75 Å². The molecule has 1 aromatic heterocycles. The number of benzene rings is 1. The van der Waals surface area contributed by atoms with Gasteiger partial charge in [0.25, 0.3) is 5.91 Å². The minimum atomic E-state index is -0.770. The number of halogens is 1. The van der Waals surface area contributed by atoms with Crippen LogP contribution in [-0.2, 0) is 0 Å². The molecule has 1 aromatic carbocycles. The van der Waals surface area contributed by atoms with Crippen molar-refractivity contribution in [2.24, 2.45) is 0 Å². The van der Waals surface area contributed by atoms with E-state index in [2.05, 4.69) is 10.4 Å². The van der Waals surface area contributed by atoms with Gasteiger partial charge in [0.2, 0.25) is 0 Å². The van der Waals surface area contributed by atoms with E-state index in [-0.39, 0.29) is 17.4 Å². The van der Waals surface area contributed by atoms with Gasteiger partial charge in [-0.05, 0) is 26.0 Å². The van der Waals surface area contributed by atoms with Crippen LogP contribution in [0.2, 0.25) is 0 Å². The lowest BCUT2D eigenvalue weighted by Gasteiger charge is -2.05. The second kappa shape index (κ2) is 5.09. The summed E-state index contributed by atoms with van der Waals surface area (Å²) in [5.41, 5.74) is 0.362. The van der Waals surface area contributed by atoms with Gasteiger partial charge in [-0.15, -0.1) is 0 Å². The van der Waals surface area contributed by atoms with Crippen molar-refractivity contribution in [3.05, 3.63) is 42.0 Å². The molecule has 0 unspecified atom stereocenters. The number of phenols is 1. The number of nitrogens with one attached hydrogen (secondary N) is 1. The van der Waals surface area contributed by atoms with Gasteiger partial charge in [-0.1, -0.05) is 0 Å². The van der Waals surface area contributed by atoms with Crippen LogP contribution in [0, 0.1) is 5.82 Å². The van der Waals surface area contributed by atoms with E-state index in [1.54, 1.807) is 10.9 Å². The second-order valence-corrected chi connectivity index (χ2v) is 4.42. The Labute approximate surface area is 109 Å². The molecule has 1 heterocycles. The van der Waals surface area contributed by atoms with Gasteiger partial charge in [-0.25, -0.2) is 4.39 Å². The number of rotatable bonds is 3. The maximum atomic E-state index is 13.5. The van der Waals surface area contributed by atoms with Gasteiger partial charge in [0.1, 0.15) is 11.6 Å². The first-order chi connectivity index (χ1) is 8.97. The topological polar surface area (TPSA) is 67.2 Å². The van der Waals surface area contributed by atoms with Crippen molar-refractivity contribution in [3.63, 3.8) is 0 Å². The molecule has 0 saturated carbocycles. The second-order valence-electron chi connectivity index (χ2n) is 4.42. The van der Waals surface area contributed by atoms with E-state index in [0.29, 0.717) is 5.69 Å². The summed E-state index contributed by atoms with van der Waals surface area (Å²) in [5, 5.41) is 15.7. The summed E-state index contributed by atoms with van der Waals surface area (Å²) in [6.07, 6.45) is 3.16. The molecule has 2 rings (SSSR count). The molecular weight excluding hydrogens is 249 g/mol. The molecule has 0 aliphatic carbocycles. The number of hydrogen-bond acceptors (Lipinski definition) is 3. The van der Waals surface area contributed by atoms with E-state index in [1.807, 2.05) is 13.8 Å². The molecule has 100 valence electrons. The average molecular weight is 263 g/mol. The fraction of sp³-hybridized carbons (Fsp3) is 0.231. The normalized spacial score (nSPS) is 10.7. The van der Waals surface area contributed by atoms with Crippen LogP contribution < -0.4 is 5.32 Å². The van der Waals surface area contributed by atoms with Gasteiger partial charge in [0.05, 0.1) is 17.4 Å². The number of hydrogen-bond donors (Lipinski definition) is 2. The Bertz CT molecular complexity index is 608. The summed E-state index contributed by atoms with van der Waals surface area (Å²) in [6.45, 7) is 3.91. The fourth-order valence-electron chi connectivity index (χ4n) is 1.57. The van der Waals surface area contributed by atoms with Crippen LogP contribution in [0.5, 0.6) is 5.75 Å². The van der Waals surface area contributed by atoms with Crippen molar-refractivity contribution in [2.75, 3.05) is 5.32 Å². The molecule has 19 heavy (non-hydrogen) atoms. The molecule has 0 saturated heterocycles. The number of aromatic hydroxyl groups is 1. The van der Waals surface area contributed by atoms with Gasteiger partial charge in [-0.3, -0.25) is 9.48 Å². The molecule has 6 heteroatoms. The molecule has 0 aliphatic rings. The van der Waals surface area contributed by atoms with E-state index in [9.17, 15) is 9.18 Å². The van der Waals surface area contributed by atoms with E-state index < -0.39 is 11.7 Å². The van der Waals surface area contributed by atoms with E-state index in [4.69, 9.17) is 5.11 Å². The zero-order chi connectivity index (χ0) is 14.0. The smallest absolute Gasteiger partial charge is 0.258 e. The Balaban J connectivity index is 2.16. The summed E-state index contributed by atoms with van der Waals surface area (Å²) in [6, 6.07) is 3.56. The number of carbonyl (C=O) groups is 1. The van der Waals surface area contributed by atoms with E-state index >= 15 is 0 Å². The van der Waals surface area contributed by atoms with Crippen LogP contribution >= 0.6 is 0 Å². The highest BCUT2D eigenvalue weighted by Crippen LogP contribution is 2.17.